The monoisotopic (exact) mass is 239 g/mol. The van der Waals surface area contributed by atoms with Crippen LogP contribution in [0, 0.1) is 11.3 Å². The molecule has 2 rings (SSSR count). The van der Waals surface area contributed by atoms with E-state index in [1.54, 1.807) is 6.07 Å². The number of nitrogens with zero attached hydrogens (tertiary/aromatic N) is 2. The summed E-state index contributed by atoms with van der Waals surface area (Å²) in [6, 6.07) is 14.2. The highest BCUT2D eigenvalue weighted by molar-refractivity contribution is 5.52. The first-order valence-corrected chi connectivity index (χ1v) is 6.18. The van der Waals surface area contributed by atoms with Crippen LogP contribution in [-0.2, 0) is 13.0 Å². The first-order chi connectivity index (χ1) is 8.76. The highest BCUT2D eigenvalue weighted by Crippen LogP contribution is 2.22. The molecule has 92 valence electrons. The van der Waals surface area contributed by atoms with E-state index in [2.05, 4.69) is 25.1 Å². The molecule has 0 radical (unpaired) electrons. The summed E-state index contributed by atoms with van der Waals surface area (Å²) in [5.74, 6) is 0. The number of aromatic nitrogens is 1. The maximum Gasteiger partial charge on any atom is 0.122 e. The number of benzene rings is 1. The molecule has 0 saturated heterocycles. The van der Waals surface area contributed by atoms with Crippen molar-refractivity contribution in [3.63, 3.8) is 0 Å². The zero-order valence-electron chi connectivity index (χ0n) is 10.6. The van der Waals surface area contributed by atoms with Crippen LogP contribution in [0.3, 0.4) is 0 Å². The molecule has 0 aliphatic carbocycles. The second-order valence-electron chi connectivity index (χ2n) is 4.36. The zero-order valence-corrected chi connectivity index (χ0v) is 10.6. The molecule has 0 fully saturated rings. The molecule has 0 amide bonds. The van der Waals surface area contributed by atoms with Crippen LogP contribution in [0.4, 0.5) is 5.69 Å². The van der Waals surface area contributed by atoms with E-state index in [0.717, 1.165) is 25.1 Å². The second kappa shape index (κ2) is 5.42. The molecule has 0 saturated carbocycles. The van der Waals surface area contributed by atoms with E-state index >= 15 is 0 Å². The first kappa shape index (κ1) is 12.3. The average molecular weight is 239 g/mol. The molecule has 0 atom stereocenters. The van der Waals surface area contributed by atoms with E-state index in [1.807, 2.05) is 22.8 Å². The van der Waals surface area contributed by atoms with Crippen molar-refractivity contribution in [1.82, 2.24) is 4.57 Å². The van der Waals surface area contributed by atoms with Crippen LogP contribution in [0.15, 0.2) is 36.4 Å². The third kappa shape index (κ3) is 2.38. The number of hydrogen-bond acceptors (Lipinski definition) is 2. The van der Waals surface area contributed by atoms with Gasteiger partial charge in [0.2, 0.25) is 0 Å². The minimum absolute atomic E-state index is 0.653. The van der Waals surface area contributed by atoms with Crippen molar-refractivity contribution < 1.29 is 0 Å². The minimum Gasteiger partial charge on any atom is -0.397 e. The first-order valence-electron chi connectivity index (χ1n) is 6.18. The van der Waals surface area contributed by atoms with Gasteiger partial charge in [-0.25, -0.2) is 0 Å². The van der Waals surface area contributed by atoms with E-state index in [0.29, 0.717) is 11.4 Å². The van der Waals surface area contributed by atoms with E-state index < -0.39 is 0 Å². The smallest absolute Gasteiger partial charge is 0.122 e. The van der Waals surface area contributed by atoms with Crippen LogP contribution in [-0.4, -0.2) is 4.57 Å². The molecule has 2 aromatic rings. The second-order valence-corrected chi connectivity index (χ2v) is 4.36. The van der Waals surface area contributed by atoms with Gasteiger partial charge < -0.3 is 10.3 Å². The molecule has 3 heteroatoms. The molecule has 1 heterocycles. The molecular formula is C15H17N3. The Labute approximate surface area is 107 Å². The average Bonchev–Trinajstić information content (AvgIpc) is 2.69. The van der Waals surface area contributed by atoms with Crippen LogP contribution in [0.1, 0.15) is 30.3 Å². The van der Waals surface area contributed by atoms with Gasteiger partial charge in [-0.3, -0.25) is 0 Å². The molecule has 1 aromatic carbocycles. The molecule has 0 aliphatic heterocycles. The topological polar surface area (TPSA) is 54.7 Å². The molecule has 18 heavy (non-hydrogen) atoms. The summed E-state index contributed by atoms with van der Waals surface area (Å²) in [7, 11) is 0. The Morgan fingerprint density at radius 2 is 2.00 bits per heavy atom. The lowest BCUT2D eigenvalue weighted by molar-refractivity contribution is 0.650. The summed E-state index contributed by atoms with van der Waals surface area (Å²) >= 11 is 0. The Bertz CT molecular complexity index is 561. The third-order valence-corrected chi connectivity index (χ3v) is 3.02. The van der Waals surface area contributed by atoms with Crippen molar-refractivity contribution in [1.29, 1.82) is 5.26 Å². The Morgan fingerprint density at radius 1 is 1.28 bits per heavy atom. The SMILES string of the molecule is CCCn1c(C#N)cc(N)c1Cc1ccccc1. The lowest BCUT2D eigenvalue weighted by Crippen LogP contribution is -2.06. The largest absolute Gasteiger partial charge is 0.397 e. The molecule has 0 spiro atoms. The summed E-state index contributed by atoms with van der Waals surface area (Å²) in [5.41, 5.74) is 9.64. The van der Waals surface area contributed by atoms with Gasteiger partial charge >= 0.3 is 0 Å². The van der Waals surface area contributed by atoms with Gasteiger partial charge in [0.15, 0.2) is 0 Å². The molecule has 0 aliphatic rings. The normalized spacial score (nSPS) is 10.2. The number of hydrogen-bond donors (Lipinski definition) is 1. The highest BCUT2D eigenvalue weighted by Gasteiger charge is 2.12. The fourth-order valence-corrected chi connectivity index (χ4v) is 2.17. The van der Waals surface area contributed by atoms with Crippen molar-refractivity contribution in [3.05, 3.63) is 53.3 Å². The lowest BCUT2D eigenvalue weighted by atomic mass is 10.1. The fourth-order valence-electron chi connectivity index (χ4n) is 2.17. The molecule has 1 aromatic heterocycles. The Hall–Kier alpha value is -2.21. The van der Waals surface area contributed by atoms with E-state index in [4.69, 9.17) is 11.0 Å². The van der Waals surface area contributed by atoms with Crippen molar-refractivity contribution >= 4 is 5.69 Å². The number of anilines is 1. The summed E-state index contributed by atoms with van der Waals surface area (Å²) in [5, 5.41) is 9.12. The van der Waals surface area contributed by atoms with E-state index in [-0.39, 0.29) is 0 Å². The number of nitrogen functional groups attached to an aromatic ring is 1. The highest BCUT2D eigenvalue weighted by atomic mass is 15.0. The number of rotatable bonds is 4. The standard InChI is InChI=1S/C15H17N3/c1-2-8-18-13(11-16)10-14(17)15(18)9-12-6-4-3-5-7-12/h3-7,10H,2,8-9,17H2,1H3. The number of nitrogens with two attached hydrogens (primary N) is 1. The van der Waals surface area contributed by atoms with Gasteiger partial charge in [-0.05, 0) is 18.1 Å². The molecule has 0 unspecified atom stereocenters. The summed E-state index contributed by atoms with van der Waals surface area (Å²) < 4.78 is 2.03. The Morgan fingerprint density at radius 3 is 2.61 bits per heavy atom. The van der Waals surface area contributed by atoms with Gasteiger partial charge in [-0.2, -0.15) is 5.26 Å². The quantitative estimate of drug-likeness (QED) is 0.891. The molecule has 3 nitrogen and oxygen atoms in total. The number of nitriles is 1. The van der Waals surface area contributed by atoms with Crippen molar-refractivity contribution in [2.45, 2.75) is 26.3 Å². The molecule has 0 bridgehead atoms. The van der Waals surface area contributed by atoms with Gasteiger partial charge in [-0.15, -0.1) is 0 Å². The van der Waals surface area contributed by atoms with Crippen LogP contribution >= 0.6 is 0 Å². The van der Waals surface area contributed by atoms with E-state index in [1.165, 1.54) is 5.56 Å². The Kier molecular flexibility index (Phi) is 3.69. The predicted molar refractivity (Wildman–Crippen MR) is 73.1 cm³/mol. The summed E-state index contributed by atoms with van der Waals surface area (Å²) in [6.45, 7) is 2.94. The van der Waals surface area contributed by atoms with Gasteiger partial charge in [0.05, 0.1) is 5.69 Å². The van der Waals surface area contributed by atoms with Crippen molar-refractivity contribution in [2.24, 2.45) is 0 Å². The van der Waals surface area contributed by atoms with Crippen LogP contribution < -0.4 is 5.73 Å². The summed E-state index contributed by atoms with van der Waals surface area (Å²) in [6.07, 6.45) is 1.76. The fraction of sp³-hybridized carbons (Fsp3) is 0.267. The molecule has 2 N–H and O–H groups in total. The van der Waals surface area contributed by atoms with Crippen LogP contribution in [0.25, 0.3) is 0 Å². The minimum atomic E-state index is 0.653. The van der Waals surface area contributed by atoms with Crippen LogP contribution in [0.5, 0.6) is 0 Å². The zero-order chi connectivity index (χ0) is 13.0. The summed E-state index contributed by atoms with van der Waals surface area (Å²) in [4.78, 5) is 0. The van der Waals surface area contributed by atoms with Gasteiger partial charge in [0.25, 0.3) is 0 Å². The maximum atomic E-state index is 9.12. The Balaban J connectivity index is 2.38. The van der Waals surface area contributed by atoms with E-state index in [9.17, 15) is 0 Å². The predicted octanol–water partition coefficient (Wildman–Crippen LogP) is 2.94. The van der Waals surface area contributed by atoms with Gasteiger partial charge in [-0.1, -0.05) is 37.3 Å². The molecular weight excluding hydrogens is 222 g/mol. The van der Waals surface area contributed by atoms with Crippen LogP contribution in [0.2, 0.25) is 0 Å². The van der Waals surface area contributed by atoms with Gasteiger partial charge in [0.1, 0.15) is 11.8 Å². The van der Waals surface area contributed by atoms with Crippen molar-refractivity contribution in [3.8, 4) is 6.07 Å². The van der Waals surface area contributed by atoms with Crippen molar-refractivity contribution in [2.75, 3.05) is 5.73 Å². The lowest BCUT2D eigenvalue weighted by Gasteiger charge is -2.10. The van der Waals surface area contributed by atoms with Gasteiger partial charge in [0, 0.05) is 18.7 Å². The maximum absolute atomic E-state index is 9.12. The third-order valence-electron chi connectivity index (χ3n) is 3.02.